The smallest absolute Gasteiger partial charge is 0.161 e. The minimum absolute atomic E-state index is 0.503. The number of unbranched alkanes of at least 4 members (excludes halogenated alkanes) is 3. The van der Waals surface area contributed by atoms with Gasteiger partial charge in [-0.3, -0.25) is 0 Å². The summed E-state index contributed by atoms with van der Waals surface area (Å²) in [4.78, 5) is 0. The molecule has 142 valence electrons. The second-order valence-electron chi connectivity index (χ2n) is 6.13. The third-order valence-corrected chi connectivity index (χ3v) is 4.04. The summed E-state index contributed by atoms with van der Waals surface area (Å²) in [6, 6.07) is 6.24. The molecule has 0 N–H and O–H groups in total. The van der Waals surface area contributed by atoms with E-state index in [0.717, 1.165) is 17.9 Å². The van der Waals surface area contributed by atoms with Crippen LogP contribution in [-0.2, 0) is 20.6 Å². The molecular formula is C20H32O5. The highest BCUT2D eigenvalue weighted by Gasteiger charge is 2.08. The highest BCUT2D eigenvalue weighted by atomic mass is 16.6. The molecule has 0 amide bonds. The van der Waals surface area contributed by atoms with Gasteiger partial charge < -0.3 is 23.7 Å². The van der Waals surface area contributed by atoms with E-state index in [-0.39, 0.29) is 0 Å². The van der Waals surface area contributed by atoms with Crippen LogP contribution in [0.2, 0.25) is 0 Å². The molecule has 0 fully saturated rings. The van der Waals surface area contributed by atoms with Crippen molar-refractivity contribution >= 4 is 0 Å². The molecule has 0 unspecified atom stereocenters. The first-order chi connectivity index (χ1) is 12.4. The standard InChI is InChI=1S/C20H32O5/c1-2-3-4-5-6-18-7-8-19-20(17-18)25-16-14-23-12-10-21-9-11-22-13-15-24-19/h7-8,17H,2-6,9-16H2,1H3. The zero-order valence-electron chi connectivity index (χ0n) is 15.5. The van der Waals surface area contributed by atoms with E-state index < -0.39 is 0 Å². The summed E-state index contributed by atoms with van der Waals surface area (Å²) >= 11 is 0. The molecule has 0 saturated heterocycles. The van der Waals surface area contributed by atoms with Crippen molar-refractivity contribution in [3.05, 3.63) is 23.8 Å². The molecule has 0 spiro atoms. The number of benzene rings is 1. The van der Waals surface area contributed by atoms with E-state index >= 15 is 0 Å². The summed E-state index contributed by atoms with van der Waals surface area (Å²) in [5.74, 6) is 1.56. The molecule has 1 heterocycles. The molecule has 0 bridgehead atoms. The molecule has 1 aliphatic rings. The third-order valence-electron chi connectivity index (χ3n) is 4.04. The van der Waals surface area contributed by atoms with Crippen LogP contribution < -0.4 is 9.47 Å². The van der Waals surface area contributed by atoms with Gasteiger partial charge in [-0.05, 0) is 30.5 Å². The molecule has 0 aliphatic carbocycles. The van der Waals surface area contributed by atoms with Crippen molar-refractivity contribution in [3.8, 4) is 11.5 Å². The van der Waals surface area contributed by atoms with Crippen LogP contribution in [0.3, 0.4) is 0 Å². The predicted molar refractivity (Wildman–Crippen MR) is 97.7 cm³/mol. The Balaban J connectivity index is 1.92. The normalized spacial score (nSPS) is 17.5. The zero-order valence-corrected chi connectivity index (χ0v) is 15.5. The van der Waals surface area contributed by atoms with Crippen molar-refractivity contribution in [3.63, 3.8) is 0 Å². The summed E-state index contributed by atoms with van der Waals surface area (Å²) in [6.07, 6.45) is 6.12. The minimum Gasteiger partial charge on any atom is -0.487 e. The van der Waals surface area contributed by atoms with Gasteiger partial charge >= 0.3 is 0 Å². The lowest BCUT2D eigenvalue weighted by molar-refractivity contribution is 0.00708. The van der Waals surface area contributed by atoms with E-state index in [2.05, 4.69) is 19.1 Å². The average molecular weight is 352 g/mol. The molecule has 25 heavy (non-hydrogen) atoms. The number of ether oxygens (including phenoxy) is 5. The third kappa shape index (κ3) is 8.56. The van der Waals surface area contributed by atoms with E-state index in [1.165, 1.54) is 31.2 Å². The average Bonchev–Trinajstić information content (AvgIpc) is 2.64. The first kappa shape index (κ1) is 20.0. The molecule has 1 aromatic carbocycles. The van der Waals surface area contributed by atoms with E-state index in [4.69, 9.17) is 23.7 Å². The number of hydrogen-bond acceptors (Lipinski definition) is 5. The first-order valence-corrected chi connectivity index (χ1v) is 9.52. The number of rotatable bonds is 5. The predicted octanol–water partition coefficient (Wildman–Crippen LogP) is 3.63. The van der Waals surface area contributed by atoms with Gasteiger partial charge in [-0.15, -0.1) is 0 Å². The first-order valence-electron chi connectivity index (χ1n) is 9.52. The maximum atomic E-state index is 5.90. The molecule has 0 atom stereocenters. The van der Waals surface area contributed by atoms with Gasteiger partial charge in [0, 0.05) is 0 Å². The van der Waals surface area contributed by atoms with E-state index in [0.29, 0.717) is 52.9 Å². The van der Waals surface area contributed by atoms with Crippen molar-refractivity contribution < 1.29 is 23.7 Å². The van der Waals surface area contributed by atoms with Crippen LogP contribution >= 0.6 is 0 Å². The molecule has 0 aromatic heterocycles. The maximum Gasteiger partial charge on any atom is 0.161 e. The Morgan fingerprint density at radius 3 is 1.92 bits per heavy atom. The van der Waals surface area contributed by atoms with Crippen molar-refractivity contribution in [1.29, 1.82) is 0 Å². The SMILES string of the molecule is CCCCCCc1ccc2c(c1)OCCOCCOCCOCCO2. The molecule has 2 rings (SSSR count). The van der Waals surface area contributed by atoms with Crippen LogP contribution in [0.1, 0.15) is 38.2 Å². The quantitative estimate of drug-likeness (QED) is 0.757. The summed E-state index contributed by atoms with van der Waals surface area (Å²) in [5, 5.41) is 0. The van der Waals surface area contributed by atoms with Gasteiger partial charge in [-0.2, -0.15) is 0 Å². The summed E-state index contributed by atoms with van der Waals surface area (Å²) in [7, 11) is 0. The Labute approximate surface area is 151 Å². The molecular weight excluding hydrogens is 320 g/mol. The highest BCUT2D eigenvalue weighted by Crippen LogP contribution is 2.29. The number of fused-ring (bicyclic) bond motifs is 1. The van der Waals surface area contributed by atoms with Gasteiger partial charge in [0.15, 0.2) is 11.5 Å². The topological polar surface area (TPSA) is 46.2 Å². The van der Waals surface area contributed by atoms with Gasteiger partial charge in [0.05, 0.1) is 39.6 Å². The van der Waals surface area contributed by atoms with Crippen molar-refractivity contribution in [2.75, 3.05) is 52.9 Å². The zero-order chi connectivity index (χ0) is 17.6. The molecule has 0 radical (unpaired) electrons. The fraction of sp³-hybridized carbons (Fsp3) is 0.700. The van der Waals surface area contributed by atoms with Gasteiger partial charge in [-0.25, -0.2) is 0 Å². The van der Waals surface area contributed by atoms with Crippen LogP contribution in [0, 0.1) is 0 Å². The van der Waals surface area contributed by atoms with Crippen LogP contribution in [-0.4, -0.2) is 52.9 Å². The van der Waals surface area contributed by atoms with Crippen molar-refractivity contribution in [2.24, 2.45) is 0 Å². The van der Waals surface area contributed by atoms with Gasteiger partial charge in [-0.1, -0.05) is 32.3 Å². The van der Waals surface area contributed by atoms with Crippen molar-refractivity contribution in [1.82, 2.24) is 0 Å². The number of aryl methyl sites for hydroxylation is 1. The molecule has 5 heteroatoms. The summed E-state index contributed by atoms with van der Waals surface area (Å²) in [6.45, 7) is 6.63. The van der Waals surface area contributed by atoms with Crippen LogP contribution in [0.15, 0.2) is 18.2 Å². The lowest BCUT2D eigenvalue weighted by atomic mass is 10.1. The molecule has 0 saturated carbocycles. The monoisotopic (exact) mass is 352 g/mol. The highest BCUT2D eigenvalue weighted by molar-refractivity contribution is 5.43. The van der Waals surface area contributed by atoms with E-state index in [1.54, 1.807) is 0 Å². The van der Waals surface area contributed by atoms with Crippen molar-refractivity contribution in [2.45, 2.75) is 39.0 Å². The Morgan fingerprint density at radius 1 is 0.680 bits per heavy atom. The van der Waals surface area contributed by atoms with Gasteiger partial charge in [0.25, 0.3) is 0 Å². The Morgan fingerprint density at radius 2 is 1.28 bits per heavy atom. The fourth-order valence-corrected chi connectivity index (χ4v) is 2.66. The number of hydrogen-bond donors (Lipinski definition) is 0. The van der Waals surface area contributed by atoms with Crippen LogP contribution in [0.25, 0.3) is 0 Å². The van der Waals surface area contributed by atoms with Crippen LogP contribution in [0.5, 0.6) is 11.5 Å². The summed E-state index contributed by atoms with van der Waals surface area (Å²) in [5.41, 5.74) is 1.29. The molecule has 1 aromatic rings. The fourth-order valence-electron chi connectivity index (χ4n) is 2.66. The molecule has 5 nitrogen and oxygen atoms in total. The minimum atomic E-state index is 0.503. The van der Waals surface area contributed by atoms with Gasteiger partial charge in [0.1, 0.15) is 13.2 Å². The van der Waals surface area contributed by atoms with Crippen LogP contribution in [0.4, 0.5) is 0 Å². The maximum absolute atomic E-state index is 5.90. The lowest BCUT2D eigenvalue weighted by Crippen LogP contribution is -2.13. The molecule has 1 aliphatic heterocycles. The van der Waals surface area contributed by atoms with E-state index in [9.17, 15) is 0 Å². The lowest BCUT2D eigenvalue weighted by Gasteiger charge is -2.14. The Kier molecular flexibility index (Phi) is 10.4. The van der Waals surface area contributed by atoms with Gasteiger partial charge in [0.2, 0.25) is 0 Å². The Hall–Kier alpha value is -1.30. The largest absolute Gasteiger partial charge is 0.487 e. The summed E-state index contributed by atoms with van der Waals surface area (Å²) < 4.78 is 28.1. The Bertz CT molecular complexity index is 463. The second-order valence-corrected chi connectivity index (χ2v) is 6.13. The second kappa shape index (κ2) is 13.0. The van der Waals surface area contributed by atoms with E-state index in [1.807, 2.05) is 6.07 Å².